The maximum atomic E-state index is 5.69. The van der Waals surface area contributed by atoms with Gasteiger partial charge in [0.15, 0.2) is 0 Å². The molecule has 1 aromatic heterocycles. The summed E-state index contributed by atoms with van der Waals surface area (Å²) in [6.07, 6.45) is 5.78. The lowest BCUT2D eigenvalue weighted by molar-refractivity contribution is 0.442. The van der Waals surface area contributed by atoms with Crippen LogP contribution in [0.25, 0.3) is 11.0 Å². The van der Waals surface area contributed by atoms with Crippen molar-refractivity contribution < 1.29 is 4.42 Å². The first-order valence-corrected chi connectivity index (χ1v) is 5.14. The van der Waals surface area contributed by atoms with Gasteiger partial charge in [-0.25, -0.2) is 5.43 Å². The highest BCUT2D eigenvalue weighted by molar-refractivity contribution is 5.78. The first kappa shape index (κ1) is 10.7. The summed E-state index contributed by atoms with van der Waals surface area (Å²) in [5.41, 5.74) is 4.72. The van der Waals surface area contributed by atoms with Gasteiger partial charge in [0.1, 0.15) is 11.3 Å². The Balaban J connectivity index is 2.42. The zero-order valence-corrected chi connectivity index (χ0v) is 9.16. The molecule has 1 unspecified atom stereocenters. The summed E-state index contributed by atoms with van der Waals surface area (Å²) in [7, 11) is 0. The Morgan fingerprint density at radius 1 is 1.50 bits per heavy atom. The predicted molar refractivity (Wildman–Crippen MR) is 64.5 cm³/mol. The topological polar surface area (TPSA) is 51.2 Å². The third-order valence-corrected chi connectivity index (χ3v) is 2.56. The molecule has 3 heteroatoms. The fourth-order valence-corrected chi connectivity index (χ4v) is 1.71. The molecule has 0 saturated heterocycles. The smallest absolute Gasteiger partial charge is 0.134 e. The Hall–Kier alpha value is -1.76. The van der Waals surface area contributed by atoms with E-state index in [0.717, 1.165) is 16.7 Å². The van der Waals surface area contributed by atoms with Gasteiger partial charge in [-0.1, -0.05) is 11.6 Å². The van der Waals surface area contributed by atoms with E-state index in [9.17, 15) is 0 Å². The van der Waals surface area contributed by atoms with E-state index >= 15 is 0 Å². The lowest BCUT2D eigenvalue weighted by Gasteiger charge is -2.08. The van der Waals surface area contributed by atoms with Crippen LogP contribution < -0.4 is 11.3 Å². The highest BCUT2D eigenvalue weighted by Gasteiger charge is 2.13. The van der Waals surface area contributed by atoms with E-state index in [-0.39, 0.29) is 6.04 Å². The van der Waals surface area contributed by atoms with Crippen molar-refractivity contribution in [3.05, 3.63) is 35.6 Å². The minimum Gasteiger partial charge on any atom is -0.459 e. The summed E-state index contributed by atoms with van der Waals surface area (Å²) in [4.78, 5) is 0. The van der Waals surface area contributed by atoms with Gasteiger partial charge >= 0.3 is 0 Å². The fourth-order valence-electron chi connectivity index (χ4n) is 1.71. The van der Waals surface area contributed by atoms with E-state index in [1.807, 2.05) is 25.1 Å². The van der Waals surface area contributed by atoms with Crippen LogP contribution in [0.15, 0.2) is 28.7 Å². The average molecular weight is 214 g/mol. The van der Waals surface area contributed by atoms with Crippen molar-refractivity contribution in [3.8, 4) is 12.3 Å². The van der Waals surface area contributed by atoms with E-state index in [0.29, 0.717) is 6.42 Å². The standard InChI is InChI=1S/C13H14N2O/c1-3-4-11(15-14)13-8-10-7-9(2)5-6-12(10)16-13/h1,5-8,11,15H,4,14H2,2H3. The van der Waals surface area contributed by atoms with Crippen molar-refractivity contribution in [2.45, 2.75) is 19.4 Å². The van der Waals surface area contributed by atoms with Gasteiger partial charge in [0.25, 0.3) is 0 Å². The number of benzene rings is 1. The molecule has 0 saturated carbocycles. The average Bonchev–Trinajstić information content (AvgIpc) is 2.68. The number of rotatable bonds is 3. The van der Waals surface area contributed by atoms with Crippen LogP contribution in [-0.4, -0.2) is 0 Å². The number of aryl methyl sites for hydroxylation is 1. The van der Waals surface area contributed by atoms with Gasteiger partial charge in [-0.2, -0.15) is 0 Å². The van der Waals surface area contributed by atoms with Gasteiger partial charge in [0.05, 0.1) is 6.04 Å². The summed E-state index contributed by atoms with van der Waals surface area (Å²) in [6.45, 7) is 2.05. The number of hydrazine groups is 1. The second kappa shape index (κ2) is 4.40. The molecule has 0 radical (unpaired) electrons. The quantitative estimate of drug-likeness (QED) is 0.468. The van der Waals surface area contributed by atoms with Crippen LogP contribution in [0.2, 0.25) is 0 Å². The zero-order chi connectivity index (χ0) is 11.5. The Morgan fingerprint density at radius 2 is 2.31 bits per heavy atom. The molecule has 2 rings (SSSR count). The SMILES string of the molecule is C#CCC(NN)c1cc2cc(C)ccc2o1. The summed E-state index contributed by atoms with van der Waals surface area (Å²) in [5.74, 6) is 8.79. The van der Waals surface area contributed by atoms with Crippen LogP contribution in [0.5, 0.6) is 0 Å². The van der Waals surface area contributed by atoms with Gasteiger partial charge < -0.3 is 4.42 Å². The molecule has 0 aliphatic carbocycles. The molecule has 1 heterocycles. The number of nitrogens with one attached hydrogen (secondary N) is 1. The first-order valence-electron chi connectivity index (χ1n) is 5.14. The molecule has 0 bridgehead atoms. The molecule has 1 atom stereocenters. The molecule has 2 aromatic rings. The minimum atomic E-state index is -0.127. The van der Waals surface area contributed by atoms with Crippen molar-refractivity contribution in [1.82, 2.24) is 5.43 Å². The van der Waals surface area contributed by atoms with Gasteiger partial charge in [0.2, 0.25) is 0 Å². The first-order chi connectivity index (χ1) is 7.74. The van der Waals surface area contributed by atoms with E-state index in [1.165, 1.54) is 5.56 Å². The lowest BCUT2D eigenvalue weighted by atomic mass is 10.1. The Labute approximate surface area is 94.6 Å². The summed E-state index contributed by atoms with van der Waals surface area (Å²) >= 11 is 0. The number of nitrogens with two attached hydrogens (primary N) is 1. The molecule has 0 spiro atoms. The van der Waals surface area contributed by atoms with Crippen LogP contribution >= 0.6 is 0 Å². The molecule has 0 fully saturated rings. The summed E-state index contributed by atoms with van der Waals surface area (Å²) in [6, 6.07) is 7.90. The number of hydrogen-bond acceptors (Lipinski definition) is 3. The van der Waals surface area contributed by atoms with Crippen molar-refractivity contribution in [2.75, 3.05) is 0 Å². The van der Waals surface area contributed by atoms with Crippen LogP contribution in [0.4, 0.5) is 0 Å². The molecule has 82 valence electrons. The lowest BCUT2D eigenvalue weighted by Crippen LogP contribution is -2.27. The van der Waals surface area contributed by atoms with Crippen molar-refractivity contribution in [2.24, 2.45) is 5.84 Å². The highest BCUT2D eigenvalue weighted by Crippen LogP contribution is 2.25. The Bertz CT molecular complexity index is 536. The van der Waals surface area contributed by atoms with Crippen LogP contribution in [0.1, 0.15) is 23.8 Å². The predicted octanol–water partition coefficient (Wildman–Crippen LogP) is 2.27. The highest BCUT2D eigenvalue weighted by atomic mass is 16.3. The summed E-state index contributed by atoms with van der Waals surface area (Å²) in [5, 5.41) is 1.08. The molecule has 0 amide bonds. The molecular weight excluding hydrogens is 200 g/mol. The molecule has 0 aliphatic heterocycles. The van der Waals surface area contributed by atoms with Crippen molar-refractivity contribution in [1.29, 1.82) is 0 Å². The second-order valence-corrected chi connectivity index (χ2v) is 3.82. The third-order valence-electron chi connectivity index (χ3n) is 2.56. The number of hydrogen-bond donors (Lipinski definition) is 2. The number of terminal acetylenes is 1. The zero-order valence-electron chi connectivity index (χ0n) is 9.16. The van der Waals surface area contributed by atoms with Crippen LogP contribution in [-0.2, 0) is 0 Å². The maximum Gasteiger partial charge on any atom is 0.134 e. The molecule has 3 nitrogen and oxygen atoms in total. The van der Waals surface area contributed by atoms with Crippen LogP contribution in [0, 0.1) is 19.3 Å². The summed E-state index contributed by atoms with van der Waals surface area (Å²) < 4.78 is 5.69. The van der Waals surface area contributed by atoms with Gasteiger partial charge in [-0.3, -0.25) is 5.84 Å². The van der Waals surface area contributed by atoms with E-state index < -0.39 is 0 Å². The number of fused-ring (bicyclic) bond motifs is 1. The van der Waals surface area contributed by atoms with Gasteiger partial charge in [-0.05, 0) is 25.1 Å². The second-order valence-electron chi connectivity index (χ2n) is 3.82. The molecule has 16 heavy (non-hydrogen) atoms. The Morgan fingerprint density at radius 3 is 3.00 bits per heavy atom. The monoisotopic (exact) mass is 214 g/mol. The molecule has 0 aliphatic rings. The number of furan rings is 1. The van der Waals surface area contributed by atoms with Crippen molar-refractivity contribution >= 4 is 11.0 Å². The van der Waals surface area contributed by atoms with Gasteiger partial charge in [0, 0.05) is 11.8 Å². The fraction of sp³-hybridized carbons (Fsp3) is 0.231. The Kier molecular flexibility index (Phi) is 2.95. The normalized spacial score (nSPS) is 12.6. The van der Waals surface area contributed by atoms with Crippen molar-refractivity contribution in [3.63, 3.8) is 0 Å². The third kappa shape index (κ3) is 1.94. The van der Waals surface area contributed by atoms with E-state index in [2.05, 4.69) is 17.4 Å². The largest absolute Gasteiger partial charge is 0.459 e. The molecular formula is C13H14N2O. The molecule has 1 aromatic carbocycles. The van der Waals surface area contributed by atoms with Crippen LogP contribution in [0.3, 0.4) is 0 Å². The van der Waals surface area contributed by atoms with E-state index in [1.54, 1.807) is 0 Å². The van der Waals surface area contributed by atoms with Gasteiger partial charge in [-0.15, -0.1) is 12.3 Å². The maximum absolute atomic E-state index is 5.69. The minimum absolute atomic E-state index is 0.127. The van der Waals surface area contributed by atoms with E-state index in [4.69, 9.17) is 16.7 Å². The molecule has 3 N–H and O–H groups in total.